The highest BCUT2D eigenvalue weighted by Gasteiger charge is 2.05. The van der Waals surface area contributed by atoms with Gasteiger partial charge in [-0.05, 0) is 13.8 Å². The summed E-state index contributed by atoms with van der Waals surface area (Å²) < 4.78 is 0.0139. The second-order valence-corrected chi connectivity index (χ2v) is 3.67. The smallest absolute Gasteiger partial charge is 0.0662 e. The van der Waals surface area contributed by atoms with Gasteiger partial charge in [-0.2, -0.15) is 12.6 Å². The Morgan fingerprint density at radius 2 is 1.50 bits per heavy atom. The third kappa shape index (κ3) is 24.0. The van der Waals surface area contributed by atoms with Gasteiger partial charge in [-0.15, -0.1) is 0 Å². The van der Waals surface area contributed by atoms with Crippen LogP contribution in [0.25, 0.3) is 0 Å². The molecular formula is C6H17NO2S. The molecule has 0 rings (SSSR count). The van der Waals surface area contributed by atoms with Gasteiger partial charge in [0.15, 0.2) is 0 Å². The van der Waals surface area contributed by atoms with E-state index in [9.17, 15) is 0 Å². The van der Waals surface area contributed by atoms with Crippen molar-refractivity contribution in [2.75, 3.05) is 19.8 Å². The molecule has 0 bridgehead atoms. The van der Waals surface area contributed by atoms with Gasteiger partial charge < -0.3 is 15.9 Å². The number of nitrogens with two attached hydrogens (primary N) is 1. The highest BCUT2D eigenvalue weighted by molar-refractivity contribution is 7.81. The quantitative estimate of drug-likeness (QED) is 0.424. The van der Waals surface area contributed by atoms with Gasteiger partial charge >= 0.3 is 0 Å². The monoisotopic (exact) mass is 167 g/mol. The van der Waals surface area contributed by atoms with Crippen molar-refractivity contribution in [1.29, 1.82) is 0 Å². The Labute approximate surface area is 67.7 Å². The third-order valence-corrected chi connectivity index (χ3v) is 0.782. The van der Waals surface area contributed by atoms with Crippen LogP contribution in [-0.2, 0) is 0 Å². The summed E-state index contributed by atoms with van der Waals surface area (Å²) in [4.78, 5) is 0. The summed E-state index contributed by atoms with van der Waals surface area (Å²) in [5.41, 5.74) is 5.23. The molecule has 10 heavy (non-hydrogen) atoms. The van der Waals surface area contributed by atoms with Crippen LogP contribution in [0.4, 0.5) is 0 Å². The fourth-order valence-corrected chi connectivity index (χ4v) is 0. The maximum absolute atomic E-state index is 7.62. The van der Waals surface area contributed by atoms with Crippen molar-refractivity contribution in [3.05, 3.63) is 0 Å². The molecule has 0 spiro atoms. The van der Waals surface area contributed by atoms with Gasteiger partial charge in [-0.1, -0.05) is 0 Å². The van der Waals surface area contributed by atoms with Crippen molar-refractivity contribution in [2.45, 2.75) is 18.6 Å². The molecule has 0 aliphatic heterocycles. The van der Waals surface area contributed by atoms with Gasteiger partial charge in [-0.3, -0.25) is 0 Å². The van der Waals surface area contributed by atoms with Gasteiger partial charge in [0.05, 0.1) is 13.2 Å². The standard InChI is InChI=1S/C4H11NS.C2H6O2/c1-4(2,6)3-5;3-1-2-4/h6H,3,5H2,1-2H3;3-4H,1-2H2. The van der Waals surface area contributed by atoms with Crippen LogP contribution in [0.2, 0.25) is 0 Å². The van der Waals surface area contributed by atoms with Crippen molar-refractivity contribution in [2.24, 2.45) is 5.73 Å². The molecule has 0 unspecified atom stereocenters. The first-order chi connectivity index (χ1) is 4.47. The van der Waals surface area contributed by atoms with E-state index in [1.165, 1.54) is 0 Å². The largest absolute Gasteiger partial charge is 0.394 e. The number of rotatable bonds is 2. The molecule has 0 radical (unpaired) electrons. The molecule has 0 aromatic rings. The van der Waals surface area contributed by atoms with E-state index in [-0.39, 0.29) is 18.0 Å². The zero-order valence-corrected chi connectivity index (χ0v) is 7.43. The number of hydrogen-bond donors (Lipinski definition) is 4. The molecular weight excluding hydrogens is 150 g/mol. The van der Waals surface area contributed by atoms with Crippen LogP contribution in [0.5, 0.6) is 0 Å². The Morgan fingerprint density at radius 3 is 1.50 bits per heavy atom. The molecule has 3 nitrogen and oxygen atoms in total. The molecule has 0 heterocycles. The Morgan fingerprint density at radius 1 is 1.30 bits per heavy atom. The fraction of sp³-hybridized carbons (Fsp3) is 1.00. The van der Waals surface area contributed by atoms with Crippen molar-refractivity contribution < 1.29 is 10.2 Å². The summed E-state index contributed by atoms with van der Waals surface area (Å²) >= 11 is 4.13. The third-order valence-electron chi connectivity index (χ3n) is 0.600. The fourth-order valence-electron chi connectivity index (χ4n) is 0. The van der Waals surface area contributed by atoms with E-state index in [1.54, 1.807) is 0 Å². The highest BCUT2D eigenvalue weighted by Crippen LogP contribution is 2.06. The molecule has 0 aliphatic carbocycles. The Bertz CT molecular complexity index is 61.3. The first-order valence-corrected chi connectivity index (χ1v) is 3.57. The van der Waals surface area contributed by atoms with Crippen LogP contribution < -0.4 is 5.73 Å². The second-order valence-electron chi connectivity index (χ2n) is 2.46. The van der Waals surface area contributed by atoms with E-state index in [1.807, 2.05) is 13.8 Å². The average molecular weight is 167 g/mol. The molecule has 0 aromatic heterocycles. The first-order valence-electron chi connectivity index (χ1n) is 3.12. The minimum atomic E-state index is -0.125. The molecule has 0 fully saturated rings. The topological polar surface area (TPSA) is 66.5 Å². The molecule has 0 aliphatic rings. The molecule has 0 aromatic carbocycles. The lowest BCUT2D eigenvalue weighted by Crippen LogP contribution is -2.23. The number of aliphatic hydroxyl groups is 2. The predicted molar refractivity (Wildman–Crippen MR) is 46.3 cm³/mol. The number of hydrogen-bond acceptors (Lipinski definition) is 4. The van der Waals surface area contributed by atoms with Crippen molar-refractivity contribution in [3.8, 4) is 0 Å². The van der Waals surface area contributed by atoms with Crippen LogP contribution in [0.3, 0.4) is 0 Å². The lowest BCUT2D eigenvalue weighted by atomic mass is 10.2. The van der Waals surface area contributed by atoms with Crippen molar-refractivity contribution in [1.82, 2.24) is 0 Å². The van der Waals surface area contributed by atoms with E-state index in [0.717, 1.165) is 0 Å². The molecule has 0 saturated carbocycles. The molecule has 64 valence electrons. The maximum atomic E-state index is 7.62. The number of aliphatic hydroxyl groups excluding tert-OH is 2. The minimum absolute atomic E-state index is 0.0139. The van der Waals surface area contributed by atoms with E-state index in [2.05, 4.69) is 12.6 Å². The van der Waals surface area contributed by atoms with Gasteiger partial charge in [0.25, 0.3) is 0 Å². The summed E-state index contributed by atoms with van der Waals surface area (Å²) in [5, 5.41) is 15.2. The Hall–Kier alpha value is 0.230. The van der Waals surface area contributed by atoms with Crippen LogP contribution in [0.1, 0.15) is 13.8 Å². The van der Waals surface area contributed by atoms with Gasteiger partial charge in [-0.25, -0.2) is 0 Å². The van der Waals surface area contributed by atoms with Crippen molar-refractivity contribution >= 4 is 12.6 Å². The zero-order valence-electron chi connectivity index (χ0n) is 6.54. The van der Waals surface area contributed by atoms with Gasteiger partial charge in [0, 0.05) is 11.3 Å². The second kappa shape index (κ2) is 7.34. The van der Waals surface area contributed by atoms with Gasteiger partial charge in [0.1, 0.15) is 0 Å². The summed E-state index contributed by atoms with van der Waals surface area (Å²) in [6, 6.07) is 0. The SMILES string of the molecule is CC(C)(S)CN.OCCO. The average Bonchev–Trinajstić information content (AvgIpc) is 1.87. The Kier molecular flexibility index (Phi) is 9.44. The lowest BCUT2D eigenvalue weighted by molar-refractivity contribution is 0.186. The summed E-state index contributed by atoms with van der Waals surface area (Å²) in [7, 11) is 0. The van der Waals surface area contributed by atoms with Crippen LogP contribution in [0.15, 0.2) is 0 Å². The zero-order chi connectivity index (χ0) is 8.62. The van der Waals surface area contributed by atoms with Crippen molar-refractivity contribution in [3.63, 3.8) is 0 Å². The Balaban J connectivity index is 0. The molecule has 0 amide bonds. The maximum Gasteiger partial charge on any atom is 0.0662 e. The number of thiol groups is 1. The normalized spacial score (nSPS) is 10.2. The molecule has 4 heteroatoms. The highest BCUT2D eigenvalue weighted by atomic mass is 32.1. The molecule has 4 N–H and O–H groups in total. The first kappa shape index (κ1) is 12.9. The molecule has 0 atom stereocenters. The van der Waals surface area contributed by atoms with E-state index in [4.69, 9.17) is 15.9 Å². The summed E-state index contributed by atoms with van der Waals surface area (Å²) in [6.07, 6.45) is 0. The summed E-state index contributed by atoms with van der Waals surface area (Å²) in [6.45, 7) is 4.35. The van der Waals surface area contributed by atoms with Gasteiger partial charge in [0.2, 0.25) is 0 Å². The van der Waals surface area contributed by atoms with Crippen LogP contribution in [0, 0.1) is 0 Å². The molecule has 0 saturated heterocycles. The minimum Gasteiger partial charge on any atom is -0.394 e. The van der Waals surface area contributed by atoms with Crippen LogP contribution in [-0.4, -0.2) is 34.7 Å². The van der Waals surface area contributed by atoms with E-state index >= 15 is 0 Å². The van der Waals surface area contributed by atoms with E-state index in [0.29, 0.717) is 6.54 Å². The summed E-state index contributed by atoms with van der Waals surface area (Å²) in [5.74, 6) is 0. The lowest BCUT2D eigenvalue weighted by Gasteiger charge is -2.11. The van der Waals surface area contributed by atoms with Crippen LogP contribution >= 0.6 is 12.6 Å². The predicted octanol–water partition coefficient (Wildman–Crippen LogP) is -0.376. The van der Waals surface area contributed by atoms with E-state index < -0.39 is 0 Å².